The molecule has 2 aromatic carbocycles. The van der Waals surface area contributed by atoms with Gasteiger partial charge in [0.25, 0.3) is 5.91 Å². The van der Waals surface area contributed by atoms with Gasteiger partial charge in [-0.05, 0) is 37.6 Å². The zero-order chi connectivity index (χ0) is 17.8. The number of allylic oxidation sites excluding steroid dienone is 1. The number of para-hydroxylation sites is 1. The van der Waals surface area contributed by atoms with Crippen molar-refractivity contribution in [1.82, 2.24) is 0 Å². The summed E-state index contributed by atoms with van der Waals surface area (Å²) in [5.41, 5.74) is 2.83. The molecule has 126 valence electrons. The molecule has 2 aromatic rings. The second kappa shape index (κ2) is 7.18. The van der Waals surface area contributed by atoms with Crippen LogP contribution < -0.4 is 4.90 Å². The molecule has 0 saturated carbocycles. The van der Waals surface area contributed by atoms with Crippen LogP contribution in [0.25, 0.3) is 6.08 Å². The number of hydrogen-bond donors (Lipinski definition) is 0. The smallest absolute Gasteiger partial charge is 0.340 e. The van der Waals surface area contributed by atoms with Gasteiger partial charge in [0.05, 0.1) is 17.8 Å². The molecule has 1 amide bonds. The minimum absolute atomic E-state index is 0.226. The summed E-state index contributed by atoms with van der Waals surface area (Å²) < 4.78 is 5.18. The highest BCUT2D eigenvalue weighted by Crippen LogP contribution is 2.35. The highest BCUT2D eigenvalue weighted by atomic mass is 16.5. The quantitative estimate of drug-likeness (QED) is 0.628. The van der Waals surface area contributed by atoms with Crippen molar-refractivity contribution in [1.29, 1.82) is 0 Å². The minimum atomic E-state index is -0.478. The second-order valence-corrected chi connectivity index (χ2v) is 5.63. The van der Waals surface area contributed by atoms with E-state index in [1.165, 1.54) is 0 Å². The maximum Gasteiger partial charge on any atom is 0.340 e. The van der Waals surface area contributed by atoms with Gasteiger partial charge in [0.1, 0.15) is 0 Å². The Hall–Kier alpha value is -3.14. The van der Waals surface area contributed by atoms with E-state index in [0.717, 1.165) is 11.3 Å². The molecule has 0 aliphatic carbocycles. The van der Waals surface area contributed by atoms with Gasteiger partial charge in [-0.15, -0.1) is 0 Å². The van der Waals surface area contributed by atoms with Crippen molar-refractivity contribution in [2.75, 3.05) is 11.5 Å². The molecule has 3 rings (SSSR count). The second-order valence-electron chi connectivity index (χ2n) is 5.63. The molecule has 4 heteroatoms. The molecule has 1 aliphatic rings. The zero-order valence-corrected chi connectivity index (χ0v) is 14.2. The normalized spacial score (nSPS) is 15.8. The fourth-order valence-electron chi connectivity index (χ4n) is 2.89. The summed E-state index contributed by atoms with van der Waals surface area (Å²) in [6.07, 6.45) is 1.74. The third-order valence-corrected chi connectivity index (χ3v) is 4.00. The Bertz CT molecular complexity index is 851. The molecule has 0 bridgehead atoms. The number of carbonyl (C=O) groups excluding carboxylic acids is 2. The van der Waals surface area contributed by atoms with E-state index >= 15 is 0 Å². The SMILES string of the molecule is CCOC(=O)C1=C(C)N(c2ccccc2)C(=O)C1=Cc1ccccc1. The maximum absolute atomic E-state index is 13.0. The summed E-state index contributed by atoms with van der Waals surface area (Å²) in [6.45, 7) is 3.77. The Labute approximate surface area is 147 Å². The summed E-state index contributed by atoms with van der Waals surface area (Å²) in [5, 5.41) is 0. The lowest BCUT2D eigenvalue weighted by Gasteiger charge is -2.17. The number of anilines is 1. The van der Waals surface area contributed by atoms with E-state index in [2.05, 4.69) is 0 Å². The molecule has 0 aromatic heterocycles. The van der Waals surface area contributed by atoms with Crippen molar-refractivity contribution in [3.8, 4) is 0 Å². The third-order valence-electron chi connectivity index (χ3n) is 4.00. The monoisotopic (exact) mass is 333 g/mol. The Morgan fingerprint density at radius 3 is 2.24 bits per heavy atom. The first kappa shape index (κ1) is 16.7. The van der Waals surface area contributed by atoms with Crippen molar-refractivity contribution in [3.63, 3.8) is 0 Å². The molecule has 1 aliphatic heterocycles. The number of amides is 1. The summed E-state index contributed by atoms with van der Waals surface area (Å²) in [5.74, 6) is -0.704. The van der Waals surface area contributed by atoms with Crippen molar-refractivity contribution in [2.24, 2.45) is 0 Å². The van der Waals surface area contributed by atoms with E-state index in [1.807, 2.05) is 60.7 Å². The van der Waals surface area contributed by atoms with E-state index in [-0.39, 0.29) is 12.5 Å². The maximum atomic E-state index is 13.0. The van der Waals surface area contributed by atoms with Crippen LogP contribution in [0, 0.1) is 0 Å². The van der Waals surface area contributed by atoms with E-state index in [1.54, 1.807) is 24.8 Å². The number of rotatable bonds is 4. The third kappa shape index (κ3) is 3.24. The fourth-order valence-corrected chi connectivity index (χ4v) is 2.89. The Morgan fingerprint density at radius 1 is 1.04 bits per heavy atom. The molecule has 0 unspecified atom stereocenters. The number of nitrogens with zero attached hydrogens (tertiary/aromatic N) is 1. The van der Waals surface area contributed by atoms with Crippen LogP contribution in [0.2, 0.25) is 0 Å². The molecule has 0 fully saturated rings. The predicted octanol–water partition coefficient (Wildman–Crippen LogP) is 3.95. The summed E-state index contributed by atoms with van der Waals surface area (Å²) in [7, 11) is 0. The van der Waals surface area contributed by atoms with Crippen LogP contribution in [0.4, 0.5) is 5.69 Å². The zero-order valence-electron chi connectivity index (χ0n) is 14.2. The minimum Gasteiger partial charge on any atom is -0.462 e. The molecule has 0 spiro atoms. The molecule has 1 heterocycles. The lowest BCUT2D eigenvalue weighted by Crippen LogP contribution is -2.24. The van der Waals surface area contributed by atoms with E-state index in [0.29, 0.717) is 16.8 Å². The first-order valence-electron chi connectivity index (χ1n) is 8.18. The standard InChI is InChI=1S/C21H19NO3/c1-3-25-21(24)19-15(2)22(17-12-8-5-9-13-17)20(23)18(19)14-16-10-6-4-7-11-16/h4-14H,3H2,1-2H3. The Balaban J connectivity index is 2.12. The Kier molecular flexibility index (Phi) is 4.80. The molecule has 0 radical (unpaired) electrons. The molecule has 4 nitrogen and oxygen atoms in total. The van der Waals surface area contributed by atoms with Crippen LogP contribution in [0.5, 0.6) is 0 Å². The summed E-state index contributed by atoms with van der Waals surface area (Å²) in [4.78, 5) is 27.1. The highest BCUT2D eigenvalue weighted by molar-refractivity contribution is 6.23. The van der Waals surface area contributed by atoms with Crippen LogP contribution in [0.1, 0.15) is 19.4 Å². The van der Waals surface area contributed by atoms with E-state index in [9.17, 15) is 9.59 Å². The van der Waals surface area contributed by atoms with Crippen LogP contribution in [0.15, 0.2) is 77.5 Å². The van der Waals surface area contributed by atoms with Crippen molar-refractivity contribution < 1.29 is 14.3 Å². The van der Waals surface area contributed by atoms with Gasteiger partial charge in [-0.3, -0.25) is 9.69 Å². The summed E-state index contributed by atoms with van der Waals surface area (Å²) >= 11 is 0. The number of carbonyl (C=O) groups is 2. The first-order valence-corrected chi connectivity index (χ1v) is 8.18. The van der Waals surface area contributed by atoms with Crippen LogP contribution >= 0.6 is 0 Å². The van der Waals surface area contributed by atoms with Crippen molar-refractivity contribution in [3.05, 3.63) is 83.1 Å². The van der Waals surface area contributed by atoms with Gasteiger partial charge in [-0.1, -0.05) is 48.5 Å². The van der Waals surface area contributed by atoms with Crippen LogP contribution in [-0.4, -0.2) is 18.5 Å². The Morgan fingerprint density at radius 2 is 1.64 bits per heavy atom. The number of esters is 1. The number of hydrogen-bond acceptors (Lipinski definition) is 3. The molecule has 25 heavy (non-hydrogen) atoms. The average molecular weight is 333 g/mol. The predicted molar refractivity (Wildman–Crippen MR) is 97.7 cm³/mol. The van der Waals surface area contributed by atoms with Crippen LogP contribution in [-0.2, 0) is 14.3 Å². The van der Waals surface area contributed by atoms with E-state index < -0.39 is 5.97 Å². The van der Waals surface area contributed by atoms with Gasteiger partial charge in [-0.25, -0.2) is 4.79 Å². The lowest BCUT2D eigenvalue weighted by molar-refractivity contribution is -0.138. The topological polar surface area (TPSA) is 46.6 Å². The molecule has 0 atom stereocenters. The molecular formula is C21H19NO3. The molecule has 0 N–H and O–H groups in total. The van der Waals surface area contributed by atoms with Gasteiger partial charge in [0, 0.05) is 11.4 Å². The highest BCUT2D eigenvalue weighted by Gasteiger charge is 2.37. The summed E-state index contributed by atoms with van der Waals surface area (Å²) in [6, 6.07) is 18.8. The molecular weight excluding hydrogens is 314 g/mol. The van der Waals surface area contributed by atoms with Crippen LogP contribution in [0.3, 0.4) is 0 Å². The van der Waals surface area contributed by atoms with Crippen molar-refractivity contribution in [2.45, 2.75) is 13.8 Å². The lowest BCUT2D eigenvalue weighted by atomic mass is 10.0. The average Bonchev–Trinajstić information content (AvgIpc) is 2.87. The fraction of sp³-hybridized carbons (Fsp3) is 0.143. The first-order chi connectivity index (χ1) is 12.1. The van der Waals surface area contributed by atoms with Crippen molar-refractivity contribution >= 4 is 23.6 Å². The largest absolute Gasteiger partial charge is 0.462 e. The molecule has 0 saturated heterocycles. The van der Waals surface area contributed by atoms with Gasteiger partial charge in [0.2, 0.25) is 0 Å². The van der Waals surface area contributed by atoms with Gasteiger partial charge in [0.15, 0.2) is 0 Å². The van der Waals surface area contributed by atoms with Gasteiger partial charge in [-0.2, -0.15) is 0 Å². The number of benzene rings is 2. The van der Waals surface area contributed by atoms with E-state index in [4.69, 9.17) is 4.74 Å². The van der Waals surface area contributed by atoms with Gasteiger partial charge < -0.3 is 4.74 Å². The number of ether oxygens (including phenoxy) is 1. The van der Waals surface area contributed by atoms with Gasteiger partial charge >= 0.3 is 5.97 Å².